The zero-order valence-electron chi connectivity index (χ0n) is 42.4. The van der Waals surface area contributed by atoms with E-state index in [-0.39, 0.29) is 88.3 Å². The lowest BCUT2D eigenvalue weighted by Crippen LogP contribution is -2.48. The lowest BCUT2D eigenvalue weighted by molar-refractivity contribution is 0.0893. The van der Waals surface area contributed by atoms with E-state index in [2.05, 4.69) is 56.8 Å². The predicted molar refractivity (Wildman–Crippen MR) is 271 cm³/mol. The highest BCUT2D eigenvalue weighted by atomic mass is 32.2. The Morgan fingerprint density at radius 3 is 1.45 bits per heavy atom. The van der Waals surface area contributed by atoms with Crippen molar-refractivity contribution >= 4 is 42.1 Å². The van der Waals surface area contributed by atoms with Gasteiger partial charge in [0.2, 0.25) is 31.8 Å². The van der Waals surface area contributed by atoms with Crippen LogP contribution in [0, 0.1) is 0 Å². The van der Waals surface area contributed by atoms with Crippen LogP contribution in [0.25, 0.3) is 44.8 Å². The van der Waals surface area contributed by atoms with E-state index in [0.29, 0.717) is 94.2 Å². The zero-order valence-corrected chi connectivity index (χ0v) is 44.0. The van der Waals surface area contributed by atoms with Crippen molar-refractivity contribution in [1.29, 1.82) is 0 Å². The number of methoxy groups -OCH3 is 1. The van der Waals surface area contributed by atoms with Crippen LogP contribution < -0.4 is 20.6 Å². The number of H-pyrrole nitrogens is 2. The Hall–Kier alpha value is -5.78. The minimum Gasteiger partial charge on any atom is -0.477 e. The number of aliphatic hydroxyl groups is 2. The van der Waals surface area contributed by atoms with Gasteiger partial charge in [-0.05, 0) is 51.9 Å². The van der Waals surface area contributed by atoms with Crippen molar-refractivity contribution in [3.63, 3.8) is 0 Å². The molecule has 8 heterocycles. The molecular formula is C46H66N14O11S2. The molecule has 0 aliphatic carbocycles. The number of hydrogen-bond donors (Lipinski definition) is 4. The summed E-state index contributed by atoms with van der Waals surface area (Å²) in [6.45, 7) is 18.1. The summed E-state index contributed by atoms with van der Waals surface area (Å²) < 4.78 is 76.6. The van der Waals surface area contributed by atoms with Gasteiger partial charge in [0.05, 0.1) is 74.4 Å². The number of aryl methyl sites for hydroxylation is 2. The molecule has 73 heavy (non-hydrogen) atoms. The average Bonchev–Trinajstić information content (AvgIpc) is 3.94. The number of ether oxygens (including phenoxy) is 3. The SMILES string of the molecule is CCOc1ncc(S(=O)(=O)N2CCN(CC)CC2)cc1-c1nc2c(CC)n(CCO)nc2c(=O)[nH]1.CCc1c2nc(-c3cc(S(=O)(=O)N4CCN(CC)CC4)cnc3OC(C)COC)[nH]c(=O)c2nn1CCO. The van der Waals surface area contributed by atoms with E-state index in [4.69, 9.17) is 14.2 Å². The topological polar surface area (TPSA) is 302 Å². The molecule has 0 aromatic carbocycles. The number of fused-ring (bicyclic) bond motifs is 2. The molecule has 8 rings (SSSR count). The lowest BCUT2D eigenvalue weighted by Gasteiger charge is -2.33. The Morgan fingerprint density at radius 1 is 0.644 bits per heavy atom. The Bertz CT molecular complexity index is 3220. The fourth-order valence-corrected chi connectivity index (χ4v) is 11.6. The second kappa shape index (κ2) is 24.1. The highest BCUT2D eigenvalue weighted by molar-refractivity contribution is 7.89. The van der Waals surface area contributed by atoms with Crippen molar-refractivity contribution in [1.82, 2.24) is 67.9 Å². The molecule has 1 atom stereocenters. The maximum absolute atomic E-state index is 13.5. The lowest BCUT2D eigenvalue weighted by atomic mass is 10.2. The molecule has 27 heteroatoms. The minimum atomic E-state index is -3.85. The number of rotatable bonds is 20. The van der Waals surface area contributed by atoms with E-state index in [1.807, 2.05) is 20.8 Å². The van der Waals surface area contributed by atoms with Gasteiger partial charge in [-0.2, -0.15) is 18.8 Å². The fourth-order valence-electron chi connectivity index (χ4n) is 8.81. The van der Waals surface area contributed by atoms with Gasteiger partial charge < -0.3 is 44.2 Å². The second-order valence-corrected chi connectivity index (χ2v) is 21.1. The van der Waals surface area contributed by atoms with E-state index < -0.39 is 37.3 Å². The summed E-state index contributed by atoms with van der Waals surface area (Å²) in [6, 6.07) is 2.89. The van der Waals surface area contributed by atoms with Gasteiger partial charge in [-0.25, -0.2) is 36.8 Å². The molecule has 2 fully saturated rings. The van der Waals surface area contributed by atoms with Crippen molar-refractivity contribution in [2.24, 2.45) is 0 Å². The summed E-state index contributed by atoms with van der Waals surface area (Å²) in [5.41, 5.74) is 1.99. The molecule has 0 radical (unpaired) electrons. The Kier molecular flexibility index (Phi) is 18.1. The molecular weight excluding hydrogens is 989 g/mol. The summed E-state index contributed by atoms with van der Waals surface area (Å²) in [4.78, 5) is 53.6. The molecule has 398 valence electrons. The van der Waals surface area contributed by atoms with Crippen LogP contribution in [0.3, 0.4) is 0 Å². The van der Waals surface area contributed by atoms with E-state index in [1.54, 1.807) is 30.3 Å². The number of aliphatic hydroxyl groups excluding tert-OH is 2. The number of piperazine rings is 2. The highest BCUT2D eigenvalue weighted by Crippen LogP contribution is 2.33. The molecule has 0 spiro atoms. The number of aromatic nitrogens is 10. The van der Waals surface area contributed by atoms with Crippen LogP contribution >= 0.6 is 0 Å². The summed E-state index contributed by atoms with van der Waals surface area (Å²) in [5, 5.41) is 27.4. The van der Waals surface area contributed by atoms with Crippen LogP contribution in [-0.2, 0) is 50.7 Å². The van der Waals surface area contributed by atoms with E-state index >= 15 is 0 Å². The number of hydrogen-bond acceptors (Lipinski definition) is 19. The first-order valence-corrected chi connectivity index (χ1v) is 27.4. The third kappa shape index (κ3) is 11.8. The Labute approximate surface area is 423 Å². The minimum absolute atomic E-state index is 0.00957. The fraction of sp³-hybridized carbons (Fsp3) is 0.565. The first kappa shape index (κ1) is 55.0. The zero-order chi connectivity index (χ0) is 52.6. The molecule has 0 amide bonds. The number of nitrogens with one attached hydrogen (secondary N) is 2. The van der Waals surface area contributed by atoms with Gasteiger partial charge in [0.25, 0.3) is 11.1 Å². The number of nitrogens with zero attached hydrogens (tertiary/aromatic N) is 12. The number of sulfonamides is 2. The highest BCUT2D eigenvalue weighted by Gasteiger charge is 2.32. The second-order valence-electron chi connectivity index (χ2n) is 17.3. The molecule has 6 aromatic rings. The largest absolute Gasteiger partial charge is 0.477 e. The van der Waals surface area contributed by atoms with Gasteiger partial charge in [-0.1, -0.05) is 27.7 Å². The molecule has 25 nitrogen and oxygen atoms in total. The average molecular weight is 1060 g/mol. The number of pyridine rings is 2. The van der Waals surface area contributed by atoms with E-state index in [9.17, 15) is 36.6 Å². The van der Waals surface area contributed by atoms with Crippen molar-refractivity contribution in [3.05, 3.63) is 56.6 Å². The molecule has 2 saturated heterocycles. The van der Waals surface area contributed by atoms with Crippen LogP contribution in [0.5, 0.6) is 11.8 Å². The van der Waals surface area contributed by atoms with Crippen LogP contribution in [0.4, 0.5) is 0 Å². The maximum atomic E-state index is 13.5. The van der Waals surface area contributed by atoms with Gasteiger partial charge >= 0.3 is 0 Å². The summed E-state index contributed by atoms with van der Waals surface area (Å²) in [5.74, 6) is 0.545. The standard InChI is InChI=1S/C24H35N7O6S.C22H31N7O5S/c1-5-19-20-21(28-31(19)11-12-32)23(33)27-22(26-20)18-13-17(14-25-24(18)37-16(3)15-36-4)38(34,35)30-9-7-29(6-2)8-10-30;1-4-17-18-19(26-29(17)11-12-30)21(31)25-20(24-18)16-13-15(14-23-22(16)34-6-3)35(32,33)28-9-7-27(5-2)8-10-28/h13-14,16,32H,5-12,15H2,1-4H3,(H,26,27,33);13-14,30H,4-12H2,1-3H3,(H,24,25,31). The van der Waals surface area contributed by atoms with Crippen LogP contribution in [-0.4, -0.2) is 200 Å². The number of aromatic amines is 2. The first-order chi connectivity index (χ1) is 35.1. The molecule has 2 aliphatic heterocycles. The van der Waals surface area contributed by atoms with Gasteiger partial charge in [-0.15, -0.1) is 0 Å². The van der Waals surface area contributed by atoms with Gasteiger partial charge in [0, 0.05) is 59.5 Å². The molecule has 1 unspecified atom stereocenters. The van der Waals surface area contributed by atoms with Crippen LogP contribution in [0.15, 0.2) is 43.9 Å². The van der Waals surface area contributed by atoms with Crippen molar-refractivity contribution in [2.45, 2.75) is 83.4 Å². The molecule has 6 aromatic heterocycles. The quantitative estimate of drug-likeness (QED) is 0.0827. The van der Waals surface area contributed by atoms with Crippen LogP contribution in [0.2, 0.25) is 0 Å². The molecule has 0 saturated carbocycles. The van der Waals surface area contributed by atoms with E-state index in [0.717, 1.165) is 13.1 Å². The normalized spacial score (nSPS) is 16.0. The monoisotopic (exact) mass is 1050 g/mol. The van der Waals surface area contributed by atoms with Crippen LogP contribution in [0.1, 0.15) is 52.9 Å². The smallest absolute Gasteiger partial charge is 0.279 e. The van der Waals surface area contributed by atoms with Gasteiger partial charge in [-0.3, -0.25) is 19.0 Å². The predicted octanol–water partition coefficient (Wildman–Crippen LogP) is 0.937. The Morgan fingerprint density at radius 2 is 1.07 bits per heavy atom. The van der Waals surface area contributed by atoms with Gasteiger partial charge in [0.15, 0.2) is 11.0 Å². The molecule has 4 N–H and O–H groups in total. The third-order valence-electron chi connectivity index (χ3n) is 12.7. The summed E-state index contributed by atoms with van der Waals surface area (Å²) in [7, 11) is -6.10. The maximum Gasteiger partial charge on any atom is 0.279 e. The number of likely N-dealkylation sites (N-methyl/N-ethyl adjacent to an activating group) is 2. The van der Waals surface area contributed by atoms with E-state index in [1.165, 1.54) is 33.1 Å². The Balaban J connectivity index is 0.000000214. The molecule has 2 aliphatic rings. The third-order valence-corrected chi connectivity index (χ3v) is 16.4. The first-order valence-electron chi connectivity index (χ1n) is 24.5. The van der Waals surface area contributed by atoms with Crippen molar-refractivity contribution < 1.29 is 41.3 Å². The summed E-state index contributed by atoms with van der Waals surface area (Å²) >= 11 is 0. The van der Waals surface area contributed by atoms with Crippen molar-refractivity contribution in [2.75, 3.05) is 99.0 Å². The molecule has 0 bridgehead atoms. The van der Waals surface area contributed by atoms with Gasteiger partial charge in [0.1, 0.15) is 38.6 Å². The summed E-state index contributed by atoms with van der Waals surface area (Å²) in [6.07, 6.45) is 3.22. The van der Waals surface area contributed by atoms with Crippen molar-refractivity contribution in [3.8, 4) is 34.5 Å².